The van der Waals surface area contributed by atoms with Gasteiger partial charge >= 0.3 is 5.97 Å². The maximum Gasteiger partial charge on any atom is 0.353 e. The SMILES string of the molecule is COCSC1=C(C(=O)O)N2C(=O)[C@@H](NC(=O)/C(=N\O)c3csc(N)n3)[C@H]2SC1. The molecule has 2 amide bonds. The molecule has 2 aliphatic heterocycles. The van der Waals surface area contributed by atoms with Gasteiger partial charge in [-0.05, 0) is 0 Å². The summed E-state index contributed by atoms with van der Waals surface area (Å²) < 4.78 is 4.95. The highest BCUT2D eigenvalue weighted by molar-refractivity contribution is 8.06. The van der Waals surface area contributed by atoms with Gasteiger partial charge in [0.1, 0.15) is 22.8 Å². The molecule has 0 spiro atoms. The van der Waals surface area contributed by atoms with E-state index < -0.39 is 29.2 Å². The molecular formula is C14H15N5O6S3. The largest absolute Gasteiger partial charge is 0.477 e. The molecule has 28 heavy (non-hydrogen) atoms. The Kier molecular flexibility index (Phi) is 6.12. The van der Waals surface area contributed by atoms with E-state index in [0.29, 0.717) is 10.7 Å². The van der Waals surface area contributed by atoms with Crippen LogP contribution in [0.1, 0.15) is 5.69 Å². The number of hydrogen-bond donors (Lipinski definition) is 4. The number of carboxylic acids is 1. The van der Waals surface area contributed by atoms with E-state index >= 15 is 0 Å². The van der Waals surface area contributed by atoms with Crippen LogP contribution >= 0.6 is 34.9 Å². The Morgan fingerprint density at radius 1 is 1.57 bits per heavy atom. The molecule has 1 aromatic rings. The predicted molar refractivity (Wildman–Crippen MR) is 104 cm³/mol. The molecule has 11 nitrogen and oxygen atoms in total. The van der Waals surface area contributed by atoms with Crippen LogP contribution in [-0.2, 0) is 19.1 Å². The van der Waals surface area contributed by atoms with Gasteiger partial charge in [0.15, 0.2) is 10.8 Å². The van der Waals surface area contributed by atoms with Gasteiger partial charge in [0.2, 0.25) is 0 Å². The zero-order chi connectivity index (χ0) is 20.4. The Bertz CT molecular complexity index is 885. The summed E-state index contributed by atoms with van der Waals surface area (Å²) in [5.74, 6) is -1.98. The number of carbonyl (C=O) groups is 3. The number of nitrogens with one attached hydrogen (secondary N) is 1. The summed E-state index contributed by atoms with van der Waals surface area (Å²) in [5, 5.41) is 25.1. The van der Waals surface area contributed by atoms with Crippen LogP contribution in [0.5, 0.6) is 0 Å². The highest BCUT2D eigenvalue weighted by atomic mass is 32.2. The van der Waals surface area contributed by atoms with Crippen molar-refractivity contribution in [2.24, 2.45) is 5.16 Å². The standard InChI is InChI=1S/C14H15N5O6S3/c1-25-4-28-6-3-26-12-8(11(21)19(12)9(6)13(22)23)17-10(20)7(18-24)5-2-27-14(15)16-5/h2,8,12,24H,3-4H2,1H3,(H2,15,16)(H,17,20)(H,22,23)/b18-7-/t8-,12-/m1/s1. The number of ether oxygens (including phenoxy) is 1. The summed E-state index contributed by atoms with van der Waals surface area (Å²) in [6.07, 6.45) is 0. The third-order valence-corrected chi connectivity index (χ3v) is 7.03. The molecule has 2 aliphatic rings. The van der Waals surface area contributed by atoms with Crippen molar-refractivity contribution in [2.45, 2.75) is 11.4 Å². The van der Waals surface area contributed by atoms with Crippen LogP contribution in [0, 0.1) is 0 Å². The first-order valence-electron chi connectivity index (χ1n) is 7.66. The van der Waals surface area contributed by atoms with Gasteiger partial charge in [-0.2, -0.15) is 0 Å². The minimum atomic E-state index is -1.22. The van der Waals surface area contributed by atoms with E-state index in [1.807, 2.05) is 0 Å². The summed E-state index contributed by atoms with van der Waals surface area (Å²) in [4.78, 5) is 42.2. The molecule has 0 aliphatic carbocycles. The number of aromatic nitrogens is 1. The molecule has 1 saturated heterocycles. The van der Waals surface area contributed by atoms with Crippen molar-refractivity contribution in [3.63, 3.8) is 0 Å². The number of oxime groups is 1. The number of nitrogens with two attached hydrogens (primary N) is 1. The van der Waals surface area contributed by atoms with Crippen LogP contribution in [0.2, 0.25) is 0 Å². The van der Waals surface area contributed by atoms with Crippen molar-refractivity contribution in [1.29, 1.82) is 0 Å². The van der Waals surface area contributed by atoms with Crippen LogP contribution in [0.25, 0.3) is 0 Å². The number of amides is 2. The minimum Gasteiger partial charge on any atom is -0.477 e. The van der Waals surface area contributed by atoms with Crippen LogP contribution in [0.4, 0.5) is 5.13 Å². The fraction of sp³-hybridized carbons (Fsp3) is 0.357. The van der Waals surface area contributed by atoms with Crippen molar-refractivity contribution >= 4 is 63.5 Å². The lowest BCUT2D eigenvalue weighted by molar-refractivity contribution is -0.150. The van der Waals surface area contributed by atoms with E-state index in [1.165, 1.54) is 36.0 Å². The molecule has 0 radical (unpaired) electrons. The second kappa shape index (κ2) is 8.38. The second-order valence-corrected chi connectivity index (χ2v) is 8.52. The van der Waals surface area contributed by atoms with Crippen LogP contribution in [0.15, 0.2) is 21.1 Å². The van der Waals surface area contributed by atoms with Gasteiger partial charge < -0.3 is 26.1 Å². The summed E-state index contributed by atoms with van der Waals surface area (Å²) in [7, 11) is 1.49. The van der Waals surface area contributed by atoms with E-state index in [-0.39, 0.29) is 28.2 Å². The highest BCUT2D eigenvalue weighted by Crippen LogP contribution is 2.43. The summed E-state index contributed by atoms with van der Waals surface area (Å²) >= 11 is 3.59. The van der Waals surface area contributed by atoms with Crippen molar-refractivity contribution in [3.8, 4) is 0 Å². The lowest BCUT2D eigenvalue weighted by atomic mass is 10.0. The molecule has 0 saturated carbocycles. The lowest BCUT2D eigenvalue weighted by Gasteiger charge is -2.49. The number of β-lactam (4-membered cyclic amide) rings is 1. The van der Waals surface area contributed by atoms with Gasteiger partial charge in [-0.3, -0.25) is 14.5 Å². The van der Waals surface area contributed by atoms with Gasteiger partial charge in [-0.1, -0.05) is 16.9 Å². The third kappa shape index (κ3) is 3.67. The monoisotopic (exact) mass is 445 g/mol. The normalized spacial score (nSPS) is 22.0. The number of thioether (sulfide) groups is 2. The van der Waals surface area contributed by atoms with Crippen molar-refractivity contribution in [2.75, 3.05) is 24.5 Å². The van der Waals surface area contributed by atoms with Gasteiger partial charge in [0, 0.05) is 23.1 Å². The Hall–Kier alpha value is -2.29. The first-order chi connectivity index (χ1) is 13.4. The maximum absolute atomic E-state index is 12.5. The third-order valence-electron chi connectivity index (χ3n) is 3.85. The average molecular weight is 446 g/mol. The zero-order valence-corrected chi connectivity index (χ0v) is 16.8. The number of nitrogen functional groups attached to an aromatic ring is 1. The molecule has 0 unspecified atom stereocenters. The number of rotatable bonds is 7. The van der Waals surface area contributed by atoms with Crippen molar-refractivity contribution in [3.05, 3.63) is 21.7 Å². The maximum atomic E-state index is 12.5. The molecule has 150 valence electrons. The molecule has 3 heterocycles. The van der Waals surface area contributed by atoms with E-state index in [4.69, 9.17) is 15.7 Å². The van der Waals surface area contributed by atoms with E-state index in [9.17, 15) is 19.5 Å². The van der Waals surface area contributed by atoms with Gasteiger partial charge in [-0.15, -0.1) is 23.1 Å². The summed E-state index contributed by atoms with van der Waals surface area (Å²) in [6, 6.07) is -0.950. The van der Waals surface area contributed by atoms with Crippen LogP contribution in [-0.4, -0.2) is 73.9 Å². The Morgan fingerprint density at radius 2 is 2.32 bits per heavy atom. The molecular weight excluding hydrogens is 430 g/mol. The molecule has 2 atom stereocenters. The second-order valence-electron chi connectivity index (χ2n) is 5.51. The molecule has 0 bridgehead atoms. The van der Waals surface area contributed by atoms with E-state index in [0.717, 1.165) is 16.2 Å². The first-order valence-corrected chi connectivity index (χ1v) is 10.6. The Labute approximate surface area is 171 Å². The Morgan fingerprint density at radius 3 is 2.89 bits per heavy atom. The van der Waals surface area contributed by atoms with Crippen molar-refractivity contribution in [1.82, 2.24) is 15.2 Å². The number of fused-ring (bicyclic) bond motifs is 1. The number of carboxylic acid groups (broad SMARTS) is 1. The minimum absolute atomic E-state index is 0.0757. The quantitative estimate of drug-likeness (QED) is 0.147. The fourth-order valence-corrected chi connectivity index (χ4v) is 5.51. The molecule has 0 aromatic carbocycles. The predicted octanol–water partition coefficient (Wildman–Crippen LogP) is -0.0632. The number of hydrogen-bond acceptors (Lipinski definition) is 11. The Balaban J connectivity index is 1.75. The molecule has 3 rings (SSSR count). The topological polar surface area (TPSA) is 167 Å². The van der Waals surface area contributed by atoms with E-state index in [2.05, 4.69) is 15.5 Å². The average Bonchev–Trinajstić information content (AvgIpc) is 3.09. The lowest BCUT2D eigenvalue weighted by Crippen LogP contribution is -2.71. The molecule has 14 heteroatoms. The highest BCUT2D eigenvalue weighted by Gasteiger charge is 2.54. The summed E-state index contributed by atoms with van der Waals surface area (Å²) in [5.41, 5.74) is 5.10. The van der Waals surface area contributed by atoms with Gasteiger partial charge in [0.05, 0.1) is 5.94 Å². The number of thiazole rings is 1. The van der Waals surface area contributed by atoms with E-state index in [1.54, 1.807) is 0 Å². The number of nitrogens with zero attached hydrogens (tertiary/aromatic N) is 3. The molecule has 1 fully saturated rings. The zero-order valence-electron chi connectivity index (χ0n) is 14.3. The molecule has 1 aromatic heterocycles. The van der Waals surface area contributed by atoms with Crippen molar-refractivity contribution < 1.29 is 29.4 Å². The number of carbonyl (C=O) groups excluding carboxylic acids is 2. The first kappa shape index (κ1) is 20.4. The number of methoxy groups -OCH3 is 1. The number of anilines is 1. The fourth-order valence-electron chi connectivity index (χ4n) is 2.65. The summed E-state index contributed by atoms with van der Waals surface area (Å²) in [6.45, 7) is 0. The van der Waals surface area contributed by atoms with Crippen LogP contribution < -0.4 is 11.1 Å². The van der Waals surface area contributed by atoms with Crippen LogP contribution in [0.3, 0.4) is 0 Å². The number of aliphatic carboxylic acids is 1. The molecule has 5 N–H and O–H groups in total. The smallest absolute Gasteiger partial charge is 0.353 e. The van der Waals surface area contributed by atoms with Gasteiger partial charge in [0.25, 0.3) is 11.8 Å². The van der Waals surface area contributed by atoms with Gasteiger partial charge in [-0.25, -0.2) is 9.78 Å².